The molecule has 0 saturated carbocycles. The Morgan fingerprint density at radius 2 is 1.62 bits per heavy atom. The van der Waals surface area contributed by atoms with Gasteiger partial charge in [-0.25, -0.2) is 0 Å². The first-order chi connectivity index (χ1) is 18.4. The molecule has 0 spiro atoms. The van der Waals surface area contributed by atoms with Gasteiger partial charge in [-0.1, -0.05) is 99.2 Å². The molecule has 4 aromatic rings. The van der Waals surface area contributed by atoms with Crippen LogP contribution in [-0.4, -0.2) is 21.3 Å². The van der Waals surface area contributed by atoms with Crippen molar-refractivity contribution in [1.82, 2.24) is 4.98 Å². The minimum atomic E-state index is -0.537. The fraction of sp³-hybridized carbons (Fsp3) is 0.343. The second kappa shape index (κ2) is 14.0. The average Bonchev–Trinajstić information content (AvgIpc) is 3.19. The van der Waals surface area contributed by atoms with Crippen molar-refractivity contribution < 1.29 is 30.3 Å². The van der Waals surface area contributed by atoms with Gasteiger partial charge in [-0.15, -0.1) is 29.3 Å². The Bertz CT molecular complexity index is 1390. The summed E-state index contributed by atoms with van der Waals surface area (Å²) in [4.78, 5) is 4.79. The van der Waals surface area contributed by atoms with E-state index >= 15 is 0 Å². The number of hydrogen-bond donors (Lipinski definition) is 2. The van der Waals surface area contributed by atoms with Crippen molar-refractivity contribution in [2.24, 2.45) is 0 Å². The summed E-state index contributed by atoms with van der Waals surface area (Å²) in [5.74, 6) is 0.162. The molecule has 1 radical (unpaired) electrons. The van der Waals surface area contributed by atoms with Crippen LogP contribution in [0.15, 0.2) is 84.8 Å². The van der Waals surface area contributed by atoms with Crippen LogP contribution >= 0.6 is 0 Å². The number of unbranched alkanes of at least 4 members (excludes halogenated alkanes) is 2. The number of nitrogens with zero attached hydrogens (tertiary/aromatic N) is 1. The Morgan fingerprint density at radius 3 is 2.26 bits per heavy atom. The van der Waals surface area contributed by atoms with Gasteiger partial charge in [-0.3, -0.25) is 0 Å². The van der Waals surface area contributed by atoms with E-state index in [1.165, 1.54) is 84.6 Å². The summed E-state index contributed by atoms with van der Waals surface area (Å²) in [5, 5.41) is 19.3. The smallest absolute Gasteiger partial charge is 0.0877 e. The van der Waals surface area contributed by atoms with Crippen LogP contribution in [0.4, 0.5) is 0 Å². The van der Waals surface area contributed by atoms with E-state index in [9.17, 15) is 0 Å². The third-order valence-corrected chi connectivity index (χ3v) is 7.52. The monoisotopic (exact) mass is 699 g/mol. The van der Waals surface area contributed by atoms with Gasteiger partial charge in [0, 0.05) is 31.7 Å². The van der Waals surface area contributed by atoms with Crippen molar-refractivity contribution in [3.63, 3.8) is 0 Å². The summed E-state index contributed by atoms with van der Waals surface area (Å²) in [6.45, 7) is 7.71. The number of aromatic nitrogens is 1. The largest absolute Gasteiger partial charge is 0.513 e. The molecule has 3 aromatic carbocycles. The summed E-state index contributed by atoms with van der Waals surface area (Å²) in [5.41, 5.74) is 8.02. The van der Waals surface area contributed by atoms with Gasteiger partial charge in [-0.05, 0) is 60.9 Å². The fourth-order valence-electron chi connectivity index (χ4n) is 5.83. The molecule has 1 aliphatic rings. The number of allylic oxidation sites excluding steroid dienone is 1. The van der Waals surface area contributed by atoms with Gasteiger partial charge < -0.3 is 15.2 Å². The number of pyridine rings is 1. The van der Waals surface area contributed by atoms with Gasteiger partial charge >= 0.3 is 0 Å². The molecule has 0 aliphatic heterocycles. The summed E-state index contributed by atoms with van der Waals surface area (Å²) in [6, 6.07) is 27.9. The molecule has 207 valence electrons. The third-order valence-electron chi connectivity index (χ3n) is 7.52. The second-order valence-electron chi connectivity index (χ2n) is 10.4. The van der Waals surface area contributed by atoms with Gasteiger partial charge in [-0.2, -0.15) is 0 Å². The minimum absolute atomic E-state index is 0. The molecule has 0 fully saturated rings. The SMILES string of the molecule is CC(O)=CC(C)O.CCCCC1(CCCC)c2ccccc2-c2c[c-]c(-c3nccc4ccccc34)cc21.[Ir]. The molecule has 1 aliphatic carbocycles. The van der Waals surface area contributed by atoms with E-state index in [0.717, 1.165) is 11.3 Å². The first kappa shape index (κ1) is 30.8. The van der Waals surface area contributed by atoms with E-state index in [4.69, 9.17) is 15.2 Å². The third kappa shape index (κ3) is 6.69. The quantitative estimate of drug-likeness (QED) is 0.143. The van der Waals surface area contributed by atoms with Crippen molar-refractivity contribution in [2.75, 3.05) is 0 Å². The van der Waals surface area contributed by atoms with Gasteiger partial charge in [0.2, 0.25) is 0 Å². The minimum Gasteiger partial charge on any atom is -0.513 e. The molecule has 1 aromatic heterocycles. The Labute approximate surface area is 247 Å². The van der Waals surface area contributed by atoms with E-state index < -0.39 is 6.10 Å². The van der Waals surface area contributed by atoms with Crippen molar-refractivity contribution in [2.45, 2.75) is 77.7 Å². The number of hydrogen-bond acceptors (Lipinski definition) is 3. The van der Waals surface area contributed by atoms with Crippen LogP contribution in [0.5, 0.6) is 0 Å². The summed E-state index contributed by atoms with van der Waals surface area (Å²) < 4.78 is 0. The number of fused-ring (bicyclic) bond motifs is 4. The molecule has 5 rings (SSSR count). The van der Waals surface area contributed by atoms with Crippen LogP contribution in [0.1, 0.15) is 77.3 Å². The number of rotatable bonds is 8. The van der Waals surface area contributed by atoms with Gasteiger partial charge in [0.1, 0.15) is 0 Å². The van der Waals surface area contributed by atoms with E-state index in [1.54, 1.807) is 6.92 Å². The van der Waals surface area contributed by atoms with Gasteiger partial charge in [0.15, 0.2) is 0 Å². The van der Waals surface area contributed by atoms with E-state index in [-0.39, 0.29) is 31.3 Å². The van der Waals surface area contributed by atoms with Crippen LogP contribution in [0.2, 0.25) is 0 Å². The Hall–Kier alpha value is -2.78. The predicted octanol–water partition coefficient (Wildman–Crippen LogP) is 9.18. The number of benzene rings is 3. The fourth-order valence-corrected chi connectivity index (χ4v) is 5.83. The Morgan fingerprint density at radius 1 is 0.949 bits per heavy atom. The zero-order valence-corrected chi connectivity index (χ0v) is 25.9. The molecule has 1 atom stereocenters. The molecular formula is C35H40IrNO2-. The van der Waals surface area contributed by atoms with E-state index in [2.05, 4.69) is 86.6 Å². The Balaban J connectivity index is 0.000000468. The van der Waals surface area contributed by atoms with Crippen molar-refractivity contribution >= 4 is 10.8 Å². The topological polar surface area (TPSA) is 53.4 Å². The van der Waals surface area contributed by atoms with Crippen LogP contribution in [0.3, 0.4) is 0 Å². The molecule has 4 heteroatoms. The van der Waals surface area contributed by atoms with Crippen molar-refractivity contribution in [1.29, 1.82) is 0 Å². The number of aliphatic hydroxyl groups is 2. The molecule has 0 saturated heterocycles. The van der Waals surface area contributed by atoms with Gasteiger partial charge in [0.05, 0.1) is 11.9 Å². The van der Waals surface area contributed by atoms with E-state index in [0.29, 0.717) is 0 Å². The van der Waals surface area contributed by atoms with Crippen LogP contribution in [-0.2, 0) is 25.5 Å². The molecule has 1 unspecified atom stereocenters. The standard InChI is InChI=1S/C30H30N.C5H10O2.Ir/c1-3-5-18-30(19-6-4-2)27-14-10-9-13-25(27)26-16-15-23(21-28(26)30)29-24-12-8-7-11-22(24)17-20-31-29;1-4(6)3-5(2)7;/h7-14,16-17,20-21H,3-6,18-19H2,1-2H3;3-4,6-7H,1-2H3;/q-1;;. The van der Waals surface area contributed by atoms with E-state index in [1.807, 2.05) is 6.20 Å². The maximum absolute atomic E-state index is 8.49. The maximum atomic E-state index is 8.49. The van der Waals surface area contributed by atoms with Gasteiger partial charge in [0.25, 0.3) is 0 Å². The predicted molar refractivity (Wildman–Crippen MR) is 159 cm³/mol. The second-order valence-corrected chi connectivity index (χ2v) is 10.4. The summed E-state index contributed by atoms with van der Waals surface area (Å²) in [7, 11) is 0. The molecule has 0 bridgehead atoms. The number of aliphatic hydroxyl groups excluding tert-OH is 2. The molecule has 3 nitrogen and oxygen atoms in total. The van der Waals surface area contributed by atoms with Crippen LogP contribution in [0.25, 0.3) is 33.2 Å². The normalized spacial score (nSPS) is 14.0. The molecule has 1 heterocycles. The molecular weight excluding hydrogens is 659 g/mol. The summed E-state index contributed by atoms with van der Waals surface area (Å²) in [6.07, 6.45) is 10.1. The molecule has 0 amide bonds. The maximum Gasteiger partial charge on any atom is 0.0877 e. The van der Waals surface area contributed by atoms with Crippen LogP contribution in [0, 0.1) is 6.07 Å². The first-order valence-electron chi connectivity index (χ1n) is 14.0. The molecule has 39 heavy (non-hydrogen) atoms. The van der Waals surface area contributed by atoms with Crippen LogP contribution < -0.4 is 0 Å². The van der Waals surface area contributed by atoms with Crippen molar-refractivity contribution in [3.8, 4) is 22.4 Å². The summed E-state index contributed by atoms with van der Waals surface area (Å²) >= 11 is 0. The molecule has 2 N–H and O–H groups in total. The van der Waals surface area contributed by atoms with Crippen molar-refractivity contribution in [3.05, 3.63) is 102 Å². The Kier molecular flexibility index (Phi) is 11.1. The zero-order chi connectivity index (χ0) is 27.1. The zero-order valence-electron chi connectivity index (χ0n) is 23.5. The average molecular weight is 699 g/mol. The first-order valence-corrected chi connectivity index (χ1v) is 14.0.